The van der Waals surface area contributed by atoms with Crippen LogP contribution in [0.1, 0.15) is 11.1 Å². The van der Waals surface area contributed by atoms with Crippen molar-refractivity contribution in [3.63, 3.8) is 0 Å². The highest BCUT2D eigenvalue weighted by Gasteiger charge is 2.36. The second kappa shape index (κ2) is 12.5. The number of morpholine rings is 1. The van der Waals surface area contributed by atoms with E-state index in [4.69, 9.17) is 9.47 Å². The molecule has 2 aliphatic heterocycles. The SMILES string of the molecule is O=C(CN1C(=O)S/C(=C/c2ccc(OCc3cccc4ccccc34)cc2)C1=O)Nc1ccccc1N1CCOCC1. The van der Waals surface area contributed by atoms with Crippen LogP contribution >= 0.6 is 11.8 Å². The van der Waals surface area contributed by atoms with Crippen LogP contribution in [0.25, 0.3) is 16.8 Å². The molecule has 42 heavy (non-hydrogen) atoms. The number of carbonyl (C=O) groups excluding carboxylic acids is 3. The van der Waals surface area contributed by atoms with Gasteiger partial charge in [0.05, 0.1) is 29.5 Å². The van der Waals surface area contributed by atoms with E-state index in [0.29, 0.717) is 31.3 Å². The van der Waals surface area contributed by atoms with Gasteiger partial charge in [0, 0.05) is 13.1 Å². The first-order valence-electron chi connectivity index (χ1n) is 13.7. The van der Waals surface area contributed by atoms with Gasteiger partial charge in [-0.3, -0.25) is 19.3 Å². The zero-order valence-electron chi connectivity index (χ0n) is 22.8. The number of anilines is 2. The fraction of sp³-hybridized carbons (Fsp3) is 0.182. The van der Waals surface area contributed by atoms with Crippen molar-refractivity contribution < 1.29 is 23.9 Å². The molecule has 2 heterocycles. The number of rotatable bonds is 8. The minimum atomic E-state index is -0.488. The maximum atomic E-state index is 13.0. The molecule has 212 valence electrons. The Hall–Kier alpha value is -4.60. The molecule has 0 unspecified atom stereocenters. The normalized spacial score (nSPS) is 16.3. The molecule has 0 bridgehead atoms. The number of imide groups is 1. The summed E-state index contributed by atoms with van der Waals surface area (Å²) in [5.41, 5.74) is 3.36. The van der Waals surface area contributed by atoms with Crippen LogP contribution in [0.3, 0.4) is 0 Å². The first kappa shape index (κ1) is 27.6. The van der Waals surface area contributed by atoms with Gasteiger partial charge in [-0.25, -0.2) is 0 Å². The molecule has 4 aromatic rings. The predicted molar refractivity (Wildman–Crippen MR) is 166 cm³/mol. The molecule has 0 aromatic heterocycles. The van der Waals surface area contributed by atoms with Crippen molar-refractivity contribution in [2.75, 3.05) is 43.1 Å². The van der Waals surface area contributed by atoms with Crippen LogP contribution < -0.4 is 15.0 Å². The number of thioether (sulfide) groups is 1. The third-order valence-electron chi connectivity index (χ3n) is 7.16. The van der Waals surface area contributed by atoms with Gasteiger partial charge in [0.1, 0.15) is 18.9 Å². The largest absolute Gasteiger partial charge is 0.489 e. The van der Waals surface area contributed by atoms with Gasteiger partial charge in [0.25, 0.3) is 11.1 Å². The van der Waals surface area contributed by atoms with Crippen LogP contribution in [0.15, 0.2) is 95.9 Å². The van der Waals surface area contributed by atoms with Crippen molar-refractivity contribution >= 4 is 57.0 Å². The summed E-state index contributed by atoms with van der Waals surface area (Å²) >= 11 is 0.829. The van der Waals surface area contributed by atoms with E-state index in [0.717, 1.165) is 57.3 Å². The summed E-state index contributed by atoms with van der Waals surface area (Å²) in [7, 11) is 0. The molecule has 1 N–H and O–H groups in total. The summed E-state index contributed by atoms with van der Waals surface area (Å²) in [6.45, 7) is 2.74. The Morgan fingerprint density at radius 1 is 0.905 bits per heavy atom. The van der Waals surface area contributed by atoms with E-state index in [1.54, 1.807) is 6.08 Å². The molecule has 0 aliphatic carbocycles. The zero-order valence-corrected chi connectivity index (χ0v) is 23.6. The third kappa shape index (κ3) is 6.17. The summed E-state index contributed by atoms with van der Waals surface area (Å²) in [5, 5.41) is 4.72. The summed E-state index contributed by atoms with van der Waals surface area (Å²) < 4.78 is 11.4. The molecule has 8 nitrogen and oxygen atoms in total. The van der Waals surface area contributed by atoms with Crippen molar-refractivity contribution in [3.05, 3.63) is 107 Å². The van der Waals surface area contributed by atoms with E-state index in [-0.39, 0.29) is 11.4 Å². The second-order valence-electron chi connectivity index (χ2n) is 9.93. The van der Waals surface area contributed by atoms with E-state index < -0.39 is 17.1 Å². The number of nitrogens with one attached hydrogen (secondary N) is 1. The number of hydrogen-bond acceptors (Lipinski definition) is 7. The molecule has 0 atom stereocenters. The summed E-state index contributed by atoms with van der Waals surface area (Å²) in [6.07, 6.45) is 1.66. The number of fused-ring (bicyclic) bond motifs is 1. The van der Waals surface area contributed by atoms with Crippen LogP contribution in [0.4, 0.5) is 16.2 Å². The maximum absolute atomic E-state index is 13.0. The molecular formula is C33H29N3O5S. The van der Waals surface area contributed by atoms with Gasteiger partial charge in [0.2, 0.25) is 5.91 Å². The Morgan fingerprint density at radius 2 is 1.64 bits per heavy atom. The molecule has 2 fully saturated rings. The van der Waals surface area contributed by atoms with Crippen molar-refractivity contribution in [1.82, 2.24) is 4.90 Å². The number of ether oxygens (including phenoxy) is 2. The van der Waals surface area contributed by atoms with Crippen molar-refractivity contribution in [3.8, 4) is 5.75 Å². The lowest BCUT2D eigenvalue weighted by atomic mass is 10.1. The third-order valence-corrected chi connectivity index (χ3v) is 8.06. The van der Waals surface area contributed by atoms with Crippen LogP contribution in [-0.2, 0) is 20.9 Å². The molecule has 0 radical (unpaired) electrons. The number of para-hydroxylation sites is 2. The molecule has 2 saturated heterocycles. The number of amides is 3. The minimum absolute atomic E-state index is 0.269. The monoisotopic (exact) mass is 579 g/mol. The summed E-state index contributed by atoms with van der Waals surface area (Å²) in [5.74, 6) is -0.230. The summed E-state index contributed by atoms with van der Waals surface area (Å²) in [6, 6.07) is 29.2. The Bertz CT molecular complexity index is 1660. The van der Waals surface area contributed by atoms with Crippen LogP contribution in [-0.4, -0.2) is 54.8 Å². The molecule has 9 heteroatoms. The standard InChI is InChI=1S/C33H29N3O5S/c37-31(34-28-10-3-4-11-29(28)35-16-18-40-19-17-35)21-36-32(38)30(42-33(36)39)20-23-12-14-26(15-13-23)41-22-25-8-5-7-24-6-1-2-9-27(24)25/h1-15,20H,16-19,21-22H2,(H,34,37)/b30-20+. The van der Waals surface area contributed by atoms with Crippen LogP contribution in [0, 0.1) is 0 Å². The van der Waals surface area contributed by atoms with E-state index in [1.807, 2.05) is 66.7 Å². The lowest BCUT2D eigenvalue weighted by molar-refractivity contribution is -0.127. The first-order valence-corrected chi connectivity index (χ1v) is 14.5. The fourth-order valence-electron chi connectivity index (χ4n) is 5.02. The number of benzene rings is 4. The second-order valence-corrected chi connectivity index (χ2v) is 10.9. The quantitative estimate of drug-likeness (QED) is 0.259. The predicted octanol–water partition coefficient (Wildman–Crippen LogP) is 5.93. The topological polar surface area (TPSA) is 88.2 Å². The Labute approximate surface area is 247 Å². The zero-order chi connectivity index (χ0) is 28.9. The van der Waals surface area contributed by atoms with Gasteiger partial charge in [-0.05, 0) is 64.0 Å². The lowest BCUT2D eigenvalue weighted by Gasteiger charge is -2.30. The van der Waals surface area contributed by atoms with Crippen molar-refractivity contribution in [2.24, 2.45) is 0 Å². The van der Waals surface area contributed by atoms with Gasteiger partial charge >= 0.3 is 0 Å². The molecule has 2 aliphatic rings. The smallest absolute Gasteiger partial charge is 0.294 e. The van der Waals surface area contributed by atoms with Crippen LogP contribution in [0.2, 0.25) is 0 Å². The average Bonchev–Trinajstić information content (AvgIpc) is 3.28. The molecule has 0 saturated carbocycles. The van der Waals surface area contributed by atoms with Gasteiger partial charge < -0.3 is 19.7 Å². The highest BCUT2D eigenvalue weighted by molar-refractivity contribution is 8.18. The lowest BCUT2D eigenvalue weighted by Crippen LogP contribution is -2.38. The Morgan fingerprint density at radius 3 is 2.48 bits per heavy atom. The Balaban J connectivity index is 1.07. The maximum Gasteiger partial charge on any atom is 0.294 e. The molecule has 3 amide bonds. The molecule has 6 rings (SSSR count). The highest BCUT2D eigenvalue weighted by Crippen LogP contribution is 2.33. The van der Waals surface area contributed by atoms with Crippen molar-refractivity contribution in [1.29, 1.82) is 0 Å². The van der Waals surface area contributed by atoms with E-state index in [1.165, 1.54) is 0 Å². The van der Waals surface area contributed by atoms with Gasteiger partial charge in [-0.2, -0.15) is 0 Å². The minimum Gasteiger partial charge on any atom is -0.489 e. The molecule has 4 aromatic carbocycles. The number of carbonyl (C=O) groups is 3. The number of nitrogens with zero attached hydrogens (tertiary/aromatic N) is 2. The summed E-state index contributed by atoms with van der Waals surface area (Å²) in [4.78, 5) is 42.0. The van der Waals surface area contributed by atoms with E-state index >= 15 is 0 Å². The van der Waals surface area contributed by atoms with Gasteiger partial charge in [0.15, 0.2) is 0 Å². The highest BCUT2D eigenvalue weighted by atomic mass is 32.2. The number of hydrogen-bond donors (Lipinski definition) is 1. The van der Waals surface area contributed by atoms with Crippen LogP contribution in [0.5, 0.6) is 5.75 Å². The van der Waals surface area contributed by atoms with Crippen molar-refractivity contribution in [2.45, 2.75) is 6.61 Å². The van der Waals surface area contributed by atoms with E-state index in [9.17, 15) is 14.4 Å². The fourth-order valence-corrected chi connectivity index (χ4v) is 5.86. The molecule has 0 spiro atoms. The Kier molecular flexibility index (Phi) is 8.21. The van der Waals surface area contributed by atoms with Gasteiger partial charge in [-0.1, -0.05) is 66.7 Å². The molecular weight excluding hydrogens is 550 g/mol. The first-order chi connectivity index (χ1) is 20.5. The van der Waals surface area contributed by atoms with Gasteiger partial charge in [-0.15, -0.1) is 0 Å². The average molecular weight is 580 g/mol. The van der Waals surface area contributed by atoms with E-state index in [2.05, 4.69) is 34.5 Å².